The van der Waals surface area contributed by atoms with Crippen molar-refractivity contribution in [3.8, 4) is 23.0 Å². The molecule has 2 N–H and O–H groups in total. The van der Waals surface area contributed by atoms with Gasteiger partial charge in [0, 0.05) is 24.4 Å². The van der Waals surface area contributed by atoms with Gasteiger partial charge in [0.05, 0.1) is 27.4 Å². The highest BCUT2D eigenvalue weighted by Gasteiger charge is 2.21. The van der Waals surface area contributed by atoms with E-state index in [9.17, 15) is 4.79 Å². The van der Waals surface area contributed by atoms with Crippen LogP contribution >= 0.6 is 0 Å². The summed E-state index contributed by atoms with van der Waals surface area (Å²) < 4.78 is 23.2. The number of carbonyl (C=O) groups excluding carboxylic acids is 1. The highest BCUT2D eigenvalue weighted by atomic mass is 16.5. The second-order valence-electron chi connectivity index (χ2n) is 11.7. The van der Waals surface area contributed by atoms with E-state index in [1.807, 2.05) is 48.6 Å². The molecule has 7 heteroatoms. The maximum atomic E-state index is 13.5. The van der Waals surface area contributed by atoms with Crippen molar-refractivity contribution < 1.29 is 34.0 Å². The molecule has 1 aliphatic rings. The summed E-state index contributed by atoms with van der Waals surface area (Å²) in [5.74, 6) is 2.84. The molecule has 0 aliphatic heterocycles. The second kappa shape index (κ2) is 21.4. The van der Waals surface area contributed by atoms with E-state index in [0.717, 1.165) is 119 Å². The third-order valence-corrected chi connectivity index (χ3v) is 8.15. The lowest BCUT2D eigenvalue weighted by Gasteiger charge is -2.17. The minimum atomic E-state index is 0.0813. The Morgan fingerprint density at radius 3 is 1.38 bits per heavy atom. The van der Waals surface area contributed by atoms with Crippen LogP contribution in [0.15, 0.2) is 47.5 Å². The van der Waals surface area contributed by atoms with E-state index in [0.29, 0.717) is 36.2 Å². The van der Waals surface area contributed by atoms with Crippen molar-refractivity contribution in [2.75, 3.05) is 40.6 Å². The topological polar surface area (TPSA) is 94.5 Å². The quantitative estimate of drug-likeness (QED) is 0.101. The number of ether oxygens (including phenoxy) is 4. The van der Waals surface area contributed by atoms with Crippen LogP contribution in [-0.2, 0) is 4.79 Å². The highest BCUT2D eigenvalue weighted by Crippen LogP contribution is 2.34. The molecule has 2 aromatic rings. The van der Waals surface area contributed by atoms with Crippen LogP contribution in [0.1, 0.15) is 107 Å². The van der Waals surface area contributed by atoms with Crippen LogP contribution in [0.25, 0.3) is 12.2 Å². The van der Waals surface area contributed by atoms with Gasteiger partial charge in [-0.3, -0.25) is 4.79 Å². The lowest BCUT2D eigenvalue weighted by molar-refractivity contribution is -0.112. The molecule has 0 bridgehead atoms. The minimum absolute atomic E-state index is 0.0813. The molecule has 45 heavy (non-hydrogen) atoms. The monoisotopic (exact) mass is 622 g/mol. The van der Waals surface area contributed by atoms with Gasteiger partial charge in [-0.2, -0.15) is 0 Å². The molecule has 0 amide bonds. The number of aliphatic hydroxyl groups excluding tert-OH is 2. The molecule has 7 nitrogen and oxygen atoms in total. The van der Waals surface area contributed by atoms with Crippen LogP contribution in [0, 0.1) is 0 Å². The molecular weight excluding hydrogens is 568 g/mol. The Bertz CT molecular complexity index is 1130. The van der Waals surface area contributed by atoms with Crippen molar-refractivity contribution in [1.82, 2.24) is 0 Å². The third-order valence-electron chi connectivity index (χ3n) is 8.15. The molecule has 0 heterocycles. The van der Waals surface area contributed by atoms with Crippen molar-refractivity contribution in [2.45, 2.75) is 96.3 Å². The summed E-state index contributed by atoms with van der Waals surface area (Å²) in [5, 5.41) is 17.8. The SMILES string of the molecule is COc1cc(/C=C2/CCC/C(=C\c3ccc(OCCCCCCCCO)c(OC)c3)C2=O)ccc1OCCCCCCCCO. The molecule has 0 aromatic heterocycles. The summed E-state index contributed by atoms with van der Waals surface area (Å²) in [6, 6.07) is 11.7. The van der Waals surface area contributed by atoms with Crippen LogP contribution in [0.5, 0.6) is 23.0 Å². The van der Waals surface area contributed by atoms with Gasteiger partial charge in [0.2, 0.25) is 0 Å². The predicted octanol–water partition coefficient (Wildman–Crippen LogP) is 8.35. The zero-order valence-electron chi connectivity index (χ0n) is 27.5. The van der Waals surface area contributed by atoms with Gasteiger partial charge in [0.1, 0.15) is 0 Å². The van der Waals surface area contributed by atoms with E-state index >= 15 is 0 Å². The van der Waals surface area contributed by atoms with Gasteiger partial charge in [0.25, 0.3) is 0 Å². The molecular formula is C38H54O7. The number of hydrogen-bond donors (Lipinski definition) is 2. The van der Waals surface area contributed by atoms with Crippen LogP contribution < -0.4 is 18.9 Å². The first-order chi connectivity index (χ1) is 22.1. The number of benzene rings is 2. The van der Waals surface area contributed by atoms with Crippen LogP contribution in [-0.4, -0.2) is 56.6 Å². The normalized spacial score (nSPS) is 15.1. The standard InChI is InChI=1S/C38H54O7/c1-42-36-28-30(18-20-34(36)44-24-13-9-5-3-7-11-22-39)26-32-16-15-17-33(38(32)41)27-31-19-21-35(37(29-31)43-2)45-25-14-10-6-4-8-12-23-40/h18-21,26-29,39-40H,3-17,22-25H2,1-2H3/b32-26-,33-27+. The Morgan fingerprint density at radius 1 is 0.578 bits per heavy atom. The summed E-state index contributed by atoms with van der Waals surface area (Å²) in [5.41, 5.74) is 3.43. The predicted molar refractivity (Wildman–Crippen MR) is 181 cm³/mol. The van der Waals surface area contributed by atoms with Crippen LogP contribution in [0.3, 0.4) is 0 Å². The zero-order valence-corrected chi connectivity index (χ0v) is 27.5. The van der Waals surface area contributed by atoms with Gasteiger partial charge < -0.3 is 29.2 Å². The highest BCUT2D eigenvalue weighted by molar-refractivity contribution is 6.14. The minimum Gasteiger partial charge on any atom is -0.493 e. The molecule has 0 saturated heterocycles. The number of rotatable bonds is 22. The second-order valence-corrected chi connectivity index (χ2v) is 11.7. The molecule has 248 valence electrons. The summed E-state index contributed by atoms with van der Waals surface area (Å²) in [6.45, 7) is 1.82. The van der Waals surface area contributed by atoms with E-state index in [2.05, 4.69) is 0 Å². The van der Waals surface area contributed by atoms with Gasteiger partial charge in [0.15, 0.2) is 28.8 Å². The maximum absolute atomic E-state index is 13.5. The summed E-state index contributed by atoms with van der Waals surface area (Å²) in [6.07, 6.45) is 19.0. The van der Waals surface area contributed by atoms with Gasteiger partial charge in [-0.25, -0.2) is 0 Å². The zero-order chi connectivity index (χ0) is 32.1. The molecule has 0 atom stereocenters. The van der Waals surface area contributed by atoms with E-state index in [4.69, 9.17) is 29.2 Å². The molecule has 0 spiro atoms. The molecule has 2 aromatic carbocycles. The number of methoxy groups -OCH3 is 2. The van der Waals surface area contributed by atoms with E-state index in [1.54, 1.807) is 14.2 Å². The number of carbonyl (C=O) groups is 1. The largest absolute Gasteiger partial charge is 0.493 e. The first-order valence-corrected chi connectivity index (χ1v) is 16.9. The van der Waals surface area contributed by atoms with Crippen molar-refractivity contribution in [3.63, 3.8) is 0 Å². The average molecular weight is 623 g/mol. The Labute approximate surface area is 270 Å². The fourth-order valence-corrected chi connectivity index (χ4v) is 5.57. The molecule has 3 rings (SSSR count). The van der Waals surface area contributed by atoms with Crippen LogP contribution in [0.2, 0.25) is 0 Å². The number of allylic oxidation sites excluding steroid dienone is 2. The Kier molecular flexibility index (Phi) is 17.2. The van der Waals surface area contributed by atoms with Gasteiger partial charge in [-0.05, 0) is 92.5 Å². The van der Waals surface area contributed by atoms with E-state index < -0.39 is 0 Å². The van der Waals surface area contributed by atoms with E-state index in [-0.39, 0.29) is 19.0 Å². The Morgan fingerprint density at radius 2 is 0.978 bits per heavy atom. The first-order valence-electron chi connectivity index (χ1n) is 16.9. The van der Waals surface area contributed by atoms with Crippen molar-refractivity contribution in [3.05, 3.63) is 58.7 Å². The number of hydrogen-bond acceptors (Lipinski definition) is 7. The summed E-state index contributed by atoms with van der Waals surface area (Å²) >= 11 is 0. The van der Waals surface area contributed by atoms with E-state index in [1.165, 1.54) is 0 Å². The summed E-state index contributed by atoms with van der Waals surface area (Å²) in [7, 11) is 3.28. The number of aliphatic hydroxyl groups is 2. The maximum Gasteiger partial charge on any atom is 0.185 e. The summed E-state index contributed by atoms with van der Waals surface area (Å²) in [4.78, 5) is 13.5. The van der Waals surface area contributed by atoms with Gasteiger partial charge in [-0.1, -0.05) is 63.5 Å². The third kappa shape index (κ3) is 12.9. The molecule has 1 fully saturated rings. The fraction of sp³-hybridized carbons (Fsp3) is 0.553. The van der Waals surface area contributed by atoms with Crippen molar-refractivity contribution in [2.24, 2.45) is 0 Å². The smallest absolute Gasteiger partial charge is 0.185 e. The van der Waals surface area contributed by atoms with Crippen molar-refractivity contribution >= 4 is 17.9 Å². The molecule has 0 unspecified atom stereocenters. The van der Waals surface area contributed by atoms with Gasteiger partial charge in [-0.15, -0.1) is 0 Å². The number of unbranched alkanes of at least 4 members (excludes halogenated alkanes) is 10. The van der Waals surface area contributed by atoms with Crippen molar-refractivity contribution in [1.29, 1.82) is 0 Å². The van der Waals surface area contributed by atoms with Gasteiger partial charge >= 0.3 is 0 Å². The molecule has 1 aliphatic carbocycles. The average Bonchev–Trinajstić information content (AvgIpc) is 3.06. The Hall–Kier alpha value is -3.29. The molecule has 0 radical (unpaired) electrons. The number of ketones is 1. The number of Topliss-reactive ketones (excluding diaryl/α,β-unsaturated/α-hetero) is 1. The fourth-order valence-electron chi connectivity index (χ4n) is 5.57. The molecule has 1 saturated carbocycles. The lowest BCUT2D eigenvalue weighted by Crippen LogP contribution is -2.12. The first kappa shape index (κ1) is 36.2. The Balaban J connectivity index is 1.56. The lowest BCUT2D eigenvalue weighted by atomic mass is 9.87. The van der Waals surface area contributed by atoms with Crippen LogP contribution in [0.4, 0.5) is 0 Å².